The summed E-state index contributed by atoms with van der Waals surface area (Å²) >= 11 is 0. The van der Waals surface area contributed by atoms with Gasteiger partial charge < -0.3 is 10.5 Å². The minimum Gasteiger partial charge on any atom is -0.383 e. The van der Waals surface area contributed by atoms with Crippen LogP contribution in [0.5, 0.6) is 0 Å². The highest BCUT2D eigenvalue weighted by Gasteiger charge is 2.06. The third kappa shape index (κ3) is 4.16. The first-order valence-electron chi connectivity index (χ1n) is 6.62. The molecule has 2 N–H and O–H groups in total. The molecule has 0 atom stereocenters. The molecular formula is C16H18N2O3S. The van der Waals surface area contributed by atoms with Gasteiger partial charge in [-0.1, -0.05) is 18.2 Å². The van der Waals surface area contributed by atoms with Crippen LogP contribution in [0.2, 0.25) is 0 Å². The molecule has 116 valence electrons. The van der Waals surface area contributed by atoms with E-state index in [1.54, 1.807) is 19.2 Å². The molecule has 0 radical (unpaired) electrons. The Labute approximate surface area is 130 Å². The van der Waals surface area contributed by atoms with Gasteiger partial charge in [0.15, 0.2) is 9.84 Å². The first-order chi connectivity index (χ1) is 10.4. The summed E-state index contributed by atoms with van der Waals surface area (Å²) in [4.78, 5) is 4.57. The van der Waals surface area contributed by atoms with E-state index in [0.717, 1.165) is 11.1 Å². The van der Waals surface area contributed by atoms with Crippen molar-refractivity contribution in [3.8, 4) is 0 Å². The summed E-state index contributed by atoms with van der Waals surface area (Å²) in [6, 6.07) is 13.9. The first-order valence-corrected chi connectivity index (χ1v) is 8.52. The topological polar surface area (TPSA) is 81.8 Å². The van der Waals surface area contributed by atoms with Gasteiger partial charge in [-0.2, -0.15) is 0 Å². The van der Waals surface area contributed by atoms with Crippen molar-refractivity contribution in [2.75, 3.05) is 13.4 Å². The summed E-state index contributed by atoms with van der Waals surface area (Å²) in [5, 5.41) is 0. The van der Waals surface area contributed by atoms with E-state index in [1.165, 1.54) is 18.4 Å². The van der Waals surface area contributed by atoms with Gasteiger partial charge in [0.05, 0.1) is 17.2 Å². The molecule has 2 aromatic carbocycles. The van der Waals surface area contributed by atoms with Gasteiger partial charge in [-0.15, -0.1) is 0 Å². The molecule has 0 unspecified atom stereocenters. The molecule has 22 heavy (non-hydrogen) atoms. The van der Waals surface area contributed by atoms with E-state index in [1.807, 2.05) is 24.3 Å². The van der Waals surface area contributed by atoms with E-state index in [9.17, 15) is 8.42 Å². The van der Waals surface area contributed by atoms with Gasteiger partial charge in [0.2, 0.25) is 0 Å². The normalized spacial score (nSPS) is 12.4. The monoisotopic (exact) mass is 318 g/mol. The number of hydrogen-bond donors (Lipinski definition) is 1. The third-order valence-corrected chi connectivity index (χ3v) is 4.18. The number of nitrogens with two attached hydrogens (primary N) is 1. The zero-order valence-corrected chi connectivity index (χ0v) is 13.3. The Morgan fingerprint density at radius 3 is 2.45 bits per heavy atom. The molecule has 6 heteroatoms. The number of ether oxygens (including phenoxy) is 1. The molecule has 2 aromatic rings. The van der Waals surface area contributed by atoms with Crippen molar-refractivity contribution in [2.45, 2.75) is 11.5 Å². The minimum atomic E-state index is -3.21. The van der Waals surface area contributed by atoms with Gasteiger partial charge in [0.25, 0.3) is 0 Å². The van der Waals surface area contributed by atoms with E-state index >= 15 is 0 Å². The maximum atomic E-state index is 11.4. The third-order valence-electron chi connectivity index (χ3n) is 3.05. The highest BCUT2D eigenvalue weighted by Crippen LogP contribution is 2.17. The molecule has 0 aliphatic heterocycles. The lowest BCUT2D eigenvalue weighted by atomic mass is 10.1. The fraction of sp³-hybridized carbons (Fsp3) is 0.188. The summed E-state index contributed by atoms with van der Waals surface area (Å²) in [5.41, 5.74) is 8.40. The second-order valence-electron chi connectivity index (χ2n) is 4.90. The van der Waals surface area contributed by atoms with Crippen LogP contribution in [0.15, 0.2) is 58.4 Å². The first kappa shape index (κ1) is 16.2. The number of sulfone groups is 1. The van der Waals surface area contributed by atoms with Crippen LogP contribution in [0.25, 0.3) is 0 Å². The van der Waals surface area contributed by atoms with Gasteiger partial charge in [0, 0.05) is 18.9 Å². The Hall–Kier alpha value is -2.18. The van der Waals surface area contributed by atoms with Gasteiger partial charge in [-0.05, 0) is 35.9 Å². The molecule has 0 aliphatic rings. The molecule has 0 fully saturated rings. The number of rotatable bonds is 5. The Balaban J connectivity index is 2.27. The maximum absolute atomic E-state index is 11.4. The van der Waals surface area contributed by atoms with E-state index < -0.39 is 9.84 Å². The van der Waals surface area contributed by atoms with Crippen molar-refractivity contribution in [3.05, 3.63) is 59.7 Å². The van der Waals surface area contributed by atoms with Crippen molar-refractivity contribution in [3.63, 3.8) is 0 Å². The molecule has 0 amide bonds. The molecule has 0 heterocycles. The number of hydrogen-bond acceptors (Lipinski definition) is 4. The van der Waals surface area contributed by atoms with Crippen LogP contribution in [-0.4, -0.2) is 27.6 Å². The van der Waals surface area contributed by atoms with Crippen LogP contribution in [0.3, 0.4) is 0 Å². The Kier molecular flexibility index (Phi) is 4.95. The molecular weight excluding hydrogens is 300 g/mol. The summed E-state index contributed by atoms with van der Waals surface area (Å²) in [6.45, 7) is 0.504. The lowest BCUT2D eigenvalue weighted by Gasteiger charge is -2.05. The van der Waals surface area contributed by atoms with Gasteiger partial charge in [-0.3, -0.25) is 0 Å². The van der Waals surface area contributed by atoms with Crippen LogP contribution in [0.1, 0.15) is 11.1 Å². The quantitative estimate of drug-likeness (QED) is 0.677. The van der Waals surface area contributed by atoms with E-state index in [4.69, 9.17) is 10.5 Å². The number of nitrogens with zero attached hydrogens (tertiary/aromatic N) is 1. The van der Waals surface area contributed by atoms with Crippen molar-refractivity contribution in [2.24, 2.45) is 10.7 Å². The van der Waals surface area contributed by atoms with E-state index in [2.05, 4.69) is 4.99 Å². The predicted molar refractivity (Wildman–Crippen MR) is 87.1 cm³/mol. The lowest BCUT2D eigenvalue weighted by Crippen LogP contribution is -2.13. The summed E-state index contributed by atoms with van der Waals surface area (Å²) in [6.07, 6.45) is 1.17. The second kappa shape index (κ2) is 6.72. The maximum Gasteiger partial charge on any atom is 0.175 e. The van der Waals surface area contributed by atoms with Crippen LogP contribution < -0.4 is 5.73 Å². The molecule has 0 aromatic heterocycles. The van der Waals surface area contributed by atoms with E-state index in [-0.39, 0.29) is 4.90 Å². The molecule has 0 saturated heterocycles. The zero-order chi connectivity index (χ0) is 16.2. The molecule has 0 spiro atoms. The Morgan fingerprint density at radius 1 is 1.18 bits per heavy atom. The smallest absolute Gasteiger partial charge is 0.175 e. The van der Waals surface area contributed by atoms with Crippen LogP contribution >= 0.6 is 0 Å². The standard InChI is InChI=1S/C16H18N2O3S/c1-21-11-12-4-3-5-13(10-12)16(17)18-14-6-8-15(9-7-14)22(2,19)20/h3-10H,11H2,1-2H3,(H2,17,18). The molecule has 0 saturated carbocycles. The summed E-state index contributed by atoms with van der Waals surface area (Å²) in [5.74, 6) is 0.366. The summed E-state index contributed by atoms with van der Waals surface area (Å²) in [7, 11) is -1.57. The SMILES string of the molecule is COCc1cccc(C(N)=Nc2ccc(S(C)(=O)=O)cc2)c1. The number of benzene rings is 2. The predicted octanol–water partition coefficient (Wildman–Crippen LogP) is 2.27. The van der Waals surface area contributed by atoms with Crippen molar-refractivity contribution in [1.82, 2.24) is 0 Å². The van der Waals surface area contributed by atoms with Crippen LogP contribution in [-0.2, 0) is 21.2 Å². The molecule has 2 rings (SSSR count). The Bertz CT molecular complexity index is 781. The van der Waals surface area contributed by atoms with Gasteiger partial charge >= 0.3 is 0 Å². The van der Waals surface area contributed by atoms with Crippen LogP contribution in [0.4, 0.5) is 5.69 Å². The van der Waals surface area contributed by atoms with Crippen LogP contribution in [0, 0.1) is 0 Å². The molecule has 5 nitrogen and oxygen atoms in total. The zero-order valence-electron chi connectivity index (χ0n) is 12.5. The Morgan fingerprint density at radius 2 is 1.86 bits per heavy atom. The average Bonchev–Trinajstić information content (AvgIpc) is 2.47. The highest BCUT2D eigenvalue weighted by molar-refractivity contribution is 7.90. The van der Waals surface area contributed by atoms with Crippen molar-refractivity contribution >= 4 is 21.4 Å². The van der Waals surface area contributed by atoms with Crippen molar-refractivity contribution in [1.29, 1.82) is 0 Å². The minimum absolute atomic E-state index is 0.257. The lowest BCUT2D eigenvalue weighted by molar-refractivity contribution is 0.185. The molecule has 0 bridgehead atoms. The fourth-order valence-corrected chi connectivity index (χ4v) is 2.59. The average molecular weight is 318 g/mol. The largest absolute Gasteiger partial charge is 0.383 e. The van der Waals surface area contributed by atoms with Gasteiger partial charge in [-0.25, -0.2) is 13.4 Å². The number of methoxy groups -OCH3 is 1. The van der Waals surface area contributed by atoms with E-state index in [0.29, 0.717) is 18.1 Å². The summed E-state index contributed by atoms with van der Waals surface area (Å²) < 4.78 is 27.9. The fourth-order valence-electron chi connectivity index (χ4n) is 1.96. The van der Waals surface area contributed by atoms with Crippen molar-refractivity contribution < 1.29 is 13.2 Å². The molecule has 0 aliphatic carbocycles. The van der Waals surface area contributed by atoms with Gasteiger partial charge in [0.1, 0.15) is 5.84 Å². The number of aliphatic imine (C=N–C) groups is 1. The highest BCUT2D eigenvalue weighted by atomic mass is 32.2. The second-order valence-corrected chi connectivity index (χ2v) is 6.91. The number of amidine groups is 1.